The molecule has 0 heterocycles. The first-order valence-corrected chi connectivity index (χ1v) is 9.50. The molecule has 27 heavy (non-hydrogen) atoms. The average molecular weight is 365 g/mol. The summed E-state index contributed by atoms with van der Waals surface area (Å²) in [5.41, 5.74) is 2.80. The van der Waals surface area contributed by atoms with E-state index in [-0.39, 0.29) is 11.8 Å². The van der Waals surface area contributed by atoms with Crippen molar-refractivity contribution in [3.05, 3.63) is 59.7 Å². The predicted octanol–water partition coefficient (Wildman–Crippen LogP) is 4.06. The second-order valence-corrected chi connectivity index (χ2v) is 7.27. The van der Waals surface area contributed by atoms with Gasteiger partial charge in [0.2, 0.25) is 5.91 Å². The van der Waals surface area contributed by atoms with E-state index in [0.717, 1.165) is 24.1 Å². The molecule has 0 atom stereocenters. The third kappa shape index (κ3) is 5.17. The van der Waals surface area contributed by atoms with E-state index < -0.39 is 0 Å². The lowest BCUT2D eigenvalue weighted by molar-refractivity contribution is -0.117. The zero-order valence-corrected chi connectivity index (χ0v) is 16.0. The SMILES string of the molecule is Cc1cccc(NC(=O)c2ccccc2NC(=O)CN(C)C2CCCC2)c1. The van der Waals surface area contributed by atoms with Crippen LogP contribution in [0.25, 0.3) is 0 Å². The number of nitrogens with zero attached hydrogens (tertiary/aromatic N) is 1. The lowest BCUT2D eigenvalue weighted by Crippen LogP contribution is -2.36. The van der Waals surface area contributed by atoms with E-state index in [1.165, 1.54) is 12.8 Å². The minimum Gasteiger partial charge on any atom is -0.324 e. The van der Waals surface area contributed by atoms with Crippen molar-refractivity contribution in [1.29, 1.82) is 0 Å². The number of likely N-dealkylation sites (N-methyl/N-ethyl adjacent to an activating group) is 1. The maximum Gasteiger partial charge on any atom is 0.257 e. The molecule has 0 aromatic heterocycles. The summed E-state index contributed by atoms with van der Waals surface area (Å²) in [6, 6.07) is 15.2. The van der Waals surface area contributed by atoms with E-state index >= 15 is 0 Å². The highest BCUT2D eigenvalue weighted by Gasteiger charge is 2.22. The van der Waals surface area contributed by atoms with E-state index in [4.69, 9.17) is 0 Å². The van der Waals surface area contributed by atoms with E-state index in [1.807, 2.05) is 44.3 Å². The van der Waals surface area contributed by atoms with Crippen LogP contribution in [0.3, 0.4) is 0 Å². The van der Waals surface area contributed by atoms with Gasteiger partial charge < -0.3 is 10.6 Å². The van der Waals surface area contributed by atoms with Gasteiger partial charge in [0.05, 0.1) is 17.8 Å². The Kier molecular flexibility index (Phi) is 6.24. The Hall–Kier alpha value is -2.66. The fourth-order valence-electron chi connectivity index (χ4n) is 3.60. The average Bonchev–Trinajstić information content (AvgIpc) is 3.17. The number of amides is 2. The highest BCUT2D eigenvalue weighted by atomic mass is 16.2. The summed E-state index contributed by atoms with van der Waals surface area (Å²) in [5, 5.41) is 5.80. The molecule has 2 amide bonds. The standard InChI is InChI=1S/C22H27N3O2/c1-16-8-7-9-17(14-16)23-22(27)19-12-5-6-13-20(19)24-21(26)15-25(2)18-10-3-4-11-18/h5-9,12-14,18H,3-4,10-11,15H2,1-2H3,(H,23,27)(H,24,26). The molecule has 0 spiro atoms. The van der Waals surface area contributed by atoms with E-state index in [2.05, 4.69) is 15.5 Å². The topological polar surface area (TPSA) is 61.4 Å². The number of para-hydroxylation sites is 1. The second-order valence-electron chi connectivity index (χ2n) is 7.27. The first-order chi connectivity index (χ1) is 13.0. The summed E-state index contributed by atoms with van der Waals surface area (Å²) in [7, 11) is 1.99. The van der Waals surface area contributed by atoms with Gasteiger partial charge in [-0.15, -0.1) is 0 Å². The van der Waals surface area contributed by atoms with Crippen LogP contribution in [0.4, 0.5) is 11.4 Å². The molecule has 5 nitrogen and oxygen atoms in total. The first-order valence-electron chi connectivity index (χ1n) is 9.50. The molecule has 2 aromatic rings. The molecule has 142 valence electrons. The van der Waals surface area contributed by atoms with Gasteiger partial charge in [0.25, 0.3) is 5.91 Å². The Morgan fingerprint density at radius 1 is 1.04 bits per heavy atom. The van der Waals surface area contributed by atoms with E-state index in [0.29, 0.717) is 23.8 Å². The molecule has 2 aromatic carbocycles. The van der Waals surface area contributed by atoms with Gasteiger partial charge in [-0.2, -0.15) is 0 Å². The zero-order chi connectivity index (χ0) is 19.2. The van der Waals surface area contributed by atoms with Crippen LogP contribution in [-0.2, 0) is 4.79 Å². The molecule has 2 N–H and O–H groups in total. The molecular weight excluding hydrogens is 338 g/mol. The molecule has 0 unspecified atom stereocenters. The fourth-order valence-corrected chi connectivity index (χ4v) is 3.60. The van der Waals surface area contributed by atoms with E-state index in [9.17, 15) is 9.59 Å². The molecule has 1 saturated carbocycles. The van der Waals surface area contributed by atoms with Crippen LogP contribution in [0.1, 0.15) is 41.6 Å². The lowest BCUT2D eigenvalue weighted by atomic mass is 10.1. The van der Waals surface area contributed by atoms with Crippen LogP contribution in [-0.4, -0.2) is 36.3 Å². The van der Waals surface area contributed by atoms with Crippen LogP contribution in [0.2, 0.25) is 0 Å². The number of benzene rings is 2. The van der Waals surface area contributed by atoms with Crippen molar-refractivity contribution in [2.75, 3.05) is 24.2 Å². The summed E-state index contributed by atoms with van der Waals surface area (Å²) in [4.78, 5) is 27.3. The molecule has 5 heteroatoms. The van der Waals surface area contributed by atoms with Gasteiger partial charge in [-0.3, -0.25) is 14.5 Å². The largest absolute Gasteiger partial charge is 0.324 e. The Bertz CT molecular complexity index is 813. The first kappa shape index (κ1) is 19.1. The van der Waals surface area contributed by atoms with Gasteiger partial charge in [0.1, 0.15) is 0 Å². The molecule has 0 bridgehead atoms. The minimum atomic E-state index is -0.236. The molecule has 0 saturated heterocycles. The maximum absolute atomic E-state index is 12.7. The maximum atomic E-state index is 12.7. The van der Waals surface area contributed by atoms with Gasteiger partial charge in [-0.05, 0) is 56.6 Å². The summed E-state index contributed by atoms with van der Waals surface area (Å²) in [6.45, 7) is 2.31. The van der Waals surface area contributed by atoms with Crippen molar-refractivity contribution in [1.82, 2.24) is 4.90 Å². The van der Waals surface area contributed by atoms with Crippen molar-refractivity contribution >= 4 is 23.2 Å². The molecule has 3 rings (SSSR count). The molecule has 0 radical (unpaired) electrons. The van der Waals surface area contributed by atoms with Crippen molar-refractivity contribution in [2.24, 2.45) is 0 Å². The van der Waals surface area contributed by atoms with Crippen LogP contribution < -0.4 is 10.6 Å². The normalized spacial score (nSPS) is 14.3. The third-order valence-electron chi connectivity index (χ3n) is 5.06. The smallest absolute Gasteiger partial charge is 0.257 e. The van der Waals surface area contributed by atoms with E-state index in [1.54, 1.807) is 18.2 Å². The Balaban J connectivity index is 1.66. The summed E-state index contributed by atoms with van der Waals surface area (Å²) in [5.74, 6) is -0.333. The minimum absolute atomic E-state index is 0.0970. The predicted molar refractivity (Wildman–Crippen MR) is 109 cm³/mol. The number of anilines is 2. The van der Waals surface area contributed by atoms with Crippen LogP contribution in [0, 0.1) is 6.92 Å². The number of hydrogen-bond donors (Lipinski definition) is 2. The number of aryl methyl sites for hydroxylation is 1. The Morgan fingerprint density at radius 3 is 2.52 bits per heavy atom. The monoisotopic (exact) mass is 365 g/mol. The van der Waals surface area contributed by atoms with Crippen molar-refractivity contribution < 1.29 is 9.59 Å². The molecule has 1 aliphatic rings. The number of carbonyl (C=O) groups is 2. The van der Waals surface area contributed by atoms with Crippen molar-refractivity contribution in [3.8, 4) is 0 Å². The van der Waals surface area contributed by atoms with Gasteiger partial charge in [0.15, 0.2) is 0 Å². The van der Waals surface area contributed by atoms with Gasteiger partial charge in [-0.25, -0.2) is 0 Å². The summed E-state index contributed by atoms with van der Waals surface area (Å²) >= 11 is 0. The number of hydrogen-bond acceptors (Lipinski definition) is 3. The number of nitrogens with one attached hydrogen (secondary N) is 2. The van der Waals surface area contributed by atoms with Crippen LogP contribution in [0.5, 0.6) is 0 Å². The van der Waals surface area contributed by atoms with Crippen molar-refractivity contribution in [3.63, 3.8) is 0 Å². The Labute approximate surface area is 160 Å². The quantitative estimate of drug-likeness (QED) is 0.811. The molecule has 1 aliphatic carbocycles. The van der Waals surface area contributed by atoms with Crippen molar-refractivity contribution in [2.45, 2.75) is 38.6 Å². The molecule has 0 aliphatic heterocycles. The second kappa shape index (κ2) is 8.82. The fraction of sp³-hybridized carbons (Fsp3) is 0.364. The van der Waals surface area contributed by atoms with Gasteiger partial charge in [-0.1, -0.05) is 37.1 Å². The molecular formula is C22H27N3O2. The van der Waals surface area contributed by atoms with Crippen LogP contribution in [0.15, 0.2) is 48.5 Å². The van der Waals surface area contributed by atoms with Gasteiger partial charge in [0, 0.05) is 11.7 Å². The number of carbonyl (C=O) groups excluding carboxylic acids is 2. The zero-order valence-electron chi connectivity index (χ0n) is 16.0. The lowest BCUT2D eigenvalue weighted by Gasteiger charge is -2.23. The van der Waals surface area contributed by atoms with Gasteiger partial charge >= 0.3 is 0 Å². The highest BCUT2D eigenvalue weighted by molar-refractivity contribution is 6.10. The summed E-state index contributed by atoms with van der Waals surface area (Å²) in [6.07, 6.45) is 4.77. The number of rotatable bonds is 6. The highest BCUT2D eigenvalue weighted by Crippen LogP contribution is 2.22. The Morgan fingerprint density at radius 2 is 1.78 bits per heavy atom. The summed E-state index contributed by atoms with van der Waals surface area (Å²) < 4.78 is 0. The van der Waals surface area contributed by atoms with Crippen LogP contribution >= 0.6 is 0 Å². The third-order valence-corrected chi connectivity index (χ3v) is 5.06. The molecule has 1 fully saturated rings.